The summed E-state index contributed by atoms with van der Waals surface area (Å²) < 4.78 is 0. The van der Waals surface area contributed by atoms with Gasteiger partial charge in [-0.15, -0.1) is 0 Å². The summed E-state index contributed by atoms with van der Waals surface area (Å²) in [5.41, 5.74) is 1.78. The van der Waals surface area contributed by atoms with Gasteiger partial charge in [0.1, 0.15) is 0 Å². The molecule has 0 unspecified atom stereocenters. The molecule has 0 aliphatic carbocycles. The van der Waals surface area contributed by atoms with Crippen molar-refractivity contribution in [1.82, 2.24) is 5.32 Å². The minimum Gasteiger partial charge on any atom is -0.352 e. The predicted octanol–water partition coefficient (Wildman–Crippen LogP) is 3.01. The van der Waals surface area contributed by atoms with E-state index in [9.17, 15) is 9.59 Å². The molecule has 23 heavy (non-hydrogen) atoms. The Labute approximate surface area is 140 Å². The number of amides is 2. The van der Waals surface area contributed by atoms with Gasteiger partial charge in [-0.2, -0.15) is 0 Å². The monoisotopic (exact) mass is 328 g/mol. The molecule has 1 saturated heterocycles. The van der Waals surface area contributed by atoms with Crippen molar-refractivity contribution in [3.63, 3.8) is 0 Å². The summed E-state index contributed by atoms with van der Waals surface area (Å²) in [4.78, 5) is 26.1. The van der Waals surface area contributed by atoms with Crippen LogP contribution >= 0.6 is 11.6 Å². The lowest BCUT2D eigenvalue weighted by molar-refractivity contribution is -0.126. The van der Waals surface area contributed by atoms with Gasteiger partial charge in [-0.3, -0.25) is 9.59 Å². The normalized spacial score (nSPS) is 17.3. The Balaban J connectivity index is 1.62. The van der Waals surface area contributed by atoms with Crippen LogP contribution in [0.5, 0.6) is 0 Å². The maximum Gasteiger partial charge on any atom is 0.227 e. The molecule has 5 heteroatoms. The molecule has 1 heterocycles. The summed E-state index contributed by atoms with van der Waals surface area (Å²) in [6.07, 6.45) is 0.229. The van der Waals surface area contributed by atoms with Crippen LogP contribution < -0.4 is 10.2 Å². The van der Waals surface area contributed by atoms with Gasteiger partial charge in [0.25, 0.3) is 0 Å². The van der Waals surface area contributed by atoms with Crippen molar-refractivity contribution >= 4 is 29.1 Å². The number of hydrogen-bond acceptors (Lipinski definition) is 2. The molecular weight excluding hydrogens is 312 g/mol. The van der Waals surface area contributed by atoms with Crippen molar-refractivity contribution in [2.24, 2.45) is 5.92 Å². The van der Waals surface area contributed by atoms with E-state index in [4.69, 9.17) is 11.6 Å². The molecular formula is C18H17ClN2O2. The Morgan fingerprint density at radius 2 is 1.96 bits per heavy atom. The van der Waals surface area contributed by atoms with E-state index in [0.717, 1.165) is 11.3 Å². The highest BCUT2D eigenvalue weighted by atomic mass is 35.5. The minimum absolute atomic E-state index is 0.0490. The van der Waals surface area contributed by atoms with Crippen LogP contribution in [0.2, 0.25) is 5.02 Å². The fraction of sp³-hybridized carbons (Fsp3) is 0.222. The van der Waals surface area contributed by atoms with E-state index in [1.807, 2.05) is 36.4 Å². The zero-order valence-electron chi connectivity index (χ0n) is 12.5. The van der Waals surface area contributed by atoms with E-state index >= 15 is 0 Å². The van der Waals surface area contributed by atoms with E-state index in [-0.39, 0.29) is 24.2 Å². The molecule has 0 radical (unpaired) electrons. The van der Waals surface area contributed by atoms with Gasteiger partial charge < -0.3 is 10.2 Å². The fourth-order valence-corrected chi connectivity index (χ4v) is 2.89. The highest BCUT2D eigenvalue weighted by Gasteiger charge is 2.35. The molecule has 2 amide bonds. The lowest BCUT2D eigenvalue weighted by atomic mass is 10.1. The largest absolute Gasteiger partial charge is 0.352 e. The van der Waals surface area contributed by atoms with Crippen LogP contribution in [0, 0.1) is 5.92 Å². The second-order valence-electron chi connectivity index (χ2n) is 5.59. The van der Waals surface area contributed by atoms with Crippen LogP contribution in [0.15, 0.2) is 54.6 Å². The summed E-state index contributed by atoms with van der Waals surface area (Å²) in [7, 11) is 0. The first kappa shape index (κ1) is 15.6. The average Bonchev–Trinajstić information content (AvgIpc) is 2.95. The summed E-state index contributed by atoms with van der Waals surface area (Å²) in [6.45, 7) is 0.862. The maximum atomic E-state index is 12.3. The smallest absolute Gasteiger partial charge is 0.227 e. The van der Waals surface area contributed by atoms with Crippen molar-refractivity contribution in [2.75, 3.05) is 11.4 Å². The standard InChI is InChI=1S/C18H17ClN2O2/c19-15-7-4-8-16(10-15)21-12-14(9-17(21)22)18(23)20-11-13-5-2-1-3-6-13/h1-8,10,14H,9,11-12H2,(H,20,23)/t14-/m0/s1. The molecule has 0 bridgehead atoms. The third-order valence-electron chi connectivity index (χ3n) is 3.93. The Hall–Kier alpha value is -2.33. The molecule has 2 aromatic carbocycles. The van der Waals surface area contributed by atoms with Gasteiger partial charge in [-0.25, -0.2) is 0 Å². The van der Waals surface area contributed by atoms with E-state index in [0.29, 0.717) is 18.1 Å². The van der Waals surface area contributed by atoms with E-state index < -0.39 is 0 Å². The van der Waals surface area contributed by atoms with E-state index in [1.165, 1.54) is 0 Å². The second kappa shape index (κ2) is 6.84. The van der Waals surface area contributed by atoms with Crippen LogP contribution in [0.4, 0.5) is 5.69 Å². The van der Waals surface area contributed by atoms with Gasteiger partial charge in [-0.05, 0) is 23.8 Å². The summed E-state index contributed by atoms with van der Waals surface area (Å²) in [5, 5.41) is 3.48. The van der Waals surface area contributed by atoms with Crippen molar-refractivity contribution in [3.8, 4) is 0 Å². The van der Waals surface area contributed by atoms with Crippen LogP contribution in [-0.2, 0) is 16.1 Å². The van der Waals surface area contributed by atoms with Crippen LogP contribution in [0.25, 0.3) is 0 Å². The lowest BCUT2D eigenvalue weighted by Gasteiger charge is -2.17. The summed E-state index contributed by atoms with van der Waals surface area (Å²) in [6, 6.07) is 16.8. The lowest BCUT2D eigenvalue weighted by Crippen LogP contribution is -2.32. The van der Waals surface area contributed by atoms with Crippen molar-refractivity contribution in [2.45, 2.75) is 13.0 Å². The number of halogens is 1. The van der Waals surface area contributed by atoms with Gasteiger partial charge in [0.15, 0.2) is 0 Å². The van der Waals surface area contributed by atoms with Gasteiger partial charge in [0, 0.05) is 30.2 Å². The van der Waals surface area contributed by atoms with Crippen molar-refractivity contribution in [3.05, 3.63) is 65.2 Å². The number of hydrogen-bond donors (Lipinski definition) is 1. The van der Waals surface area contributed by atoms with Gasteiger partial charge >= 0.3 is 0 Å². The molecule has 0 aromatic heterocycles. The Morgan fingerprint density at radius 1 is 1.17 bits per heavy atom. The van der Waals surface area contributed by atoms with Gasteiger partial charge in [0.05, 0.1) is 5.92 Å². The quantitative estimate of drug-likeness (QED) is 0.938. The molecule has 3 rings (SSSR count). The number of nitrogens with zero attached hydrogens (tertiary/aromatic N) is 1. The highest BCUT2D eigenvalue weighted by molar-refractivity contribution is 6.30. The molecule has 1 aliphatic rings. The molecule has 2 aromatic rings. The first-order chi connectivity index (χ1) is 11.1. The molecule has 1 fully saturated rings. The first-order valence-electron chi connectivity index (χ1n) is 7.51. The third-order valence-corrected chi connectivity index (χ3v) is 4.16. The summed E-state index contributed by atoms with van der Waals surface area (Å²) >= 11 is 5.97. The molecule has 1 aliphatic heterocycles. The zero-order valence-corrected chi connectivity index (χ0v) is 13.3. The minimum atomic E-state index is -0.329. The van der Waals surface area contributed by atoms with Crippen LogP contribution in [-0.4, -0.2) is 18.4 Å². The Kier molecular flexibility index (Phi) is 4.63. The number of benzene rings is 2. The predicted molar refractivity (Wildman–Crippen MR) is 90.2 cm³/mol. The SMILES string of the molecule is O=C(NCc1ccccc1)[C@H]1CC(=O)N(c2cccc(Cl)c2)C1. The van der Waals surface area contributed by atoms with Crippen LogP contribution in [0.1, 0.15) is 12.0 Å². The Morgan fingerprint density at radius 3 is 2.70 bits per heavy atom. The maximum absolute atomic E-state index is 12.3. The number of anilines is 1. The zero-order chi connectivity index (χ0) is 16.2. The molecule has 118 valence electrons. The average molecular weight is 329 g/mol. The summed E-state index contributed by atoms with van der Waals surface area (Å²) in [5.74, 6) is -0.468. The topological polar surface area (TPSA) is 49.4 Å². The number of rotatable bonds is 4. The Bertz CT molecular complexity index is 718. The molecule has 0 saturated carbocycles. The van der Waals surface area contributed by atoms with Crippen LogP contribution in [0.3, 0.4) is 0 Å². The number of carbonyl (C=O) groups excluding carboxylic acids is 2. The van der Waals surface area contributed by atoms with Gasteiger partial charge in [-0.1, -0.05) is 48.0 Å². The van der Waals surface area contributed by atoms with E-state index in [1.54, 1.807) is 23.1 Å². The van der Waals surface area contributed by atoms with Crippen molar-refractivity contribution in [1.29, 1.82) is 0 Å². The number of nitrogens with one attached hydrogen (secondary N) is 1. The highest BCUT2D eigenvalue weighted by Crippen LogP contribution is 2.27. The second-order valence-corrected chi connectivity index (χ2v) is 6.03. The molecule has 0 spiro atoms. The van der Waals surface area contributed by atoms with Gasteiger partial charge in [0.2, 0.25) is 11.8 Å². The molecule has 1 atom stereocenters. The first-order valence-corrected chi connectivity index (χ1v) is 7.89. The fourth-order valence-electron chi connectivity index (χ4n) is 2.71. The van der Waals surface area contributed by atoms with Crippen molar-refractivity contribution < 1.29 is 9.59 Å². The third kappa shape index (κ3) is 3.71. The number of carbonyl (C=O) groups is 2. The molecule has 4 nitrogen and oxygen atoms in total. The van der Waals surface area contributed by atoms with E-state index in [2.05, 4.69) is 5.32 Å². The molecule has 1 N–H and O–H groups in total.